The fourth-order valence-corrected chi connectivity index (χ4v) is 5.93. The summed E-state index contributed by atoms with van der Waals surface area (Å²) >= 11 is 0. The maximum Gasteiger partial charge on any atom is 0.0969 e. The molecular weight excluding hydrogens is 196 g/mol. The molecule has 88 valence electrons. The Bertz CT molecular complexity index is 408. The second kappa shape index (κ2) is 2.29. The molecule has 3 aliphatic carbocycles. The molecule has 1 heteroatoms. The lowest BCUT2D eigenvalue weighted by molar-refractivity contribution is -0.212. The lowest BCUT2D eigenvalue weighted by Gasteiger charge is -2.61. The average Bonchev–Trinajstić information content (AvgIpc) is 2.71. The number of allylic oxidation sites excluding steroid dienone is 1. The van der Waals surface area contributed by atoms with E-state index in [9.17, 15) is 0 Å². The summed E-state index contributed by atoms with van der Waals surface area (Å²) in [5.74, 6) is 2.41. The van der Waals surface area contributed by atoms with Gasteiger partial charge in [-0.25, -0.2) is 0 Å². The molecule has 0 N–H and O–H groups in total. The third kappa shape index (κ3) is 0.687. The minimum absolute atomic E-state index is 0.108. The minimum Gasteiger partial charge on any atom is -0.364 e. The van der Waals surface area contributed by atoms with Gasteiger partial charge < -0.3 is 4.74 Å². The summed E-state index contributed by atoms with van der Waals surface area (Å²) < 4.78 is 6.60. The van der Waals surface area contributed by atoms with Crippen molar-refractivity contribution in [3.63, 3.8) is 0 Å². The van der Waals surface area contributed by atoms with Gasteiger partial charge in [-0.3, -0.25) is 0 Å². The molecule has 0 unspecified atom stereocenters. The van der Waals surface area contributed by atoms with Gasteiger partial charge in [0.2, 0.25) is 0 Å². The number of fused-ring (bicyclic) bond motifs is 1. The lowest BCUT2D eigenvalue weighted by Crippen LogP contribution is -2.64. The standard InChI is InChI=1S/C15H22O/c1-9-5-6-11-14(4)8-7-10-12(14)15(9,11)16-13(10,2)3/h5,10-12H,6-8H2,1-4H3/t10-,11-,12-,14-,15+/m1/s1. The molecule has 4 rings (SSSR count). The number of hydrogen-bond acceptors (Lipinski definition) is 1. The second-order valence-electron chi connectivity index (χ2n) is 7.30. The van der Waals surface area contributed by atoms with Gasteiger partial charge in [0.1, 0.15) is 0 Å². The molecule has 0 amide bonds. The topological polar surface area (TPSA) is 9.23 Å². The van der Waals surface area contributed by atoms with Crippen LogP contribution in [0.15, 0.2) is 11.6 Å². The van der Waals surface area contributed by atoms with Crippen molar-refractivity contribution < 1.29 is 4.74 Å². The van der Waals surface area contributed by atoms with E-state index in [1.165, 1.54) is 24.8 Å². The van der Waals surface area contributed by atoms with E-state index >= 15 is 0 Å². The first-order valence-corrected chi connectivity index (χ1v) is 6.80. The lowest BCUT2D eigenvalue weighted by atomic mass is 9.45. The zero-order chi connectivity index (χ0) is 11.3. The highest BCUT2D eigenvalue weighted by molar-refractivity contribution is 5.41. The van der Waals surface area contributed by atoms with Crippen LogP contribution in [0.1, 0.15) is 47.0 Å². The molecule has 4 aliphatic rings. The van der Waals surface area contributed by atoms with Crippen LogP contribution in [0.25, 0.3) is 0 Å². The third-order valence-electron chi connectivity index (χ3n) is 6.48. The molecule has 1 heterocycles. The Labute approximate surface area is 98.2 Å². The van der Waals surface area contributed by atoms with Crippen LogP contribution in [0.4, 0.5) is 0 Å². The molecule has 0 bridgehead atoms. The fraction of sp³-hybridized carbons (Fsp3) is 0.867. The first-order valence-electron chi connectivity index (χ1n) is 6.80. The zero-order valence-corrected chi connectivity index (χ0v) is 10.8. The molecule has 5 atom stereocenters. The summed E-state index contributed by atoms with van der Waals surface area (Å²) in [6.07, 6.45) is 6.54. The van der Waals surface area contributed by atoms with E-state index in [0.717, 1.165) is 17.8 Å². The molecule has 1 saturated heterocycles. The zero-order valence-electron chi connectivity index (χ0n) is 10.8. The van der Waals surface area contributed by atoms with Crippen molar-refractivity contribution in [2.75, 3.05) is 0 Å². The summed E-state index contributed by atoms with van der Waals surface area (Å²) in [4.78, 5) is 0. The summed E-state index contributed by atoms with van der Waals surface area (Å²) in [6, 6.07) is 0. The Kier molecular flexibility index (Phi) is 1.39. The van der Waals surface area contributed by atoms with Crippen LogP contribution in [0.3, 0.4) is 0 Å². The first-order chi connectivity index (χ1) is 7.43. The number of hydrogen-bond donors (Lipinski definition) is 0. The molecule has 2 saturated carbocycles. The third-order valence-corrected chi connectivity index (χ3v) is 6.48. The van der Waals surface area contributed by atoms with Crippen LogP contribution in [-0.4, -0.2) is 11.2 Å². The summed E-state index contributed by atoms with van der Waals surface area (Å²) in [5.41, 5.74) is 2.40. The Morgan fingerprint density at radius 2 is 2.06 bits per heavy atom. The smallest absolute Gasteiger partial charge is 0.0969 e. The van der Waals surface area contributed by atoms with Gasteiger partial charge in [0.15, 0.2) is 0 Å². The van der Waals surface area contributed by atoms with Crippen molar-refractivity contribution >= 4 is 0 Å². The Balaban J connectivity index is 1.91. The van der Waals surface area contributed by atoms with Crippen molar-refractivity contribution in [3.8, 4) is 0 Å². The SMILES string of the molecule is CC1=CC[C@@H]2[C@@]3(C)CC[C@@H]4[C@H]3[C@]12OC4(C)C. The molecule has 1 aliphatic heterocycles. The van der Waals surface area contributed by atoms with Crippen molar-refractivity contribution in [2.24, 2.45) is 23.2 Å². The van der Waals surface area contributed by atoms with Crippen molar-refractivity contribution in [2.45, 2.75) is 58.2 Å². The van der Waals surface area contributed by atoms with Crippen molar-refractivity contribution in [1.82, 2.24) is 0 Å². The quantitative estimate of drug-likeness (QED) is 0.565. The monoisotopic (exact) mass is 218 g/mol. The van der Waals surface area contributed by atoms with Crippen LogP contribution in [0.2, 0.25) is 0 Å². The van der Waals surface area contributed by atoms with Gasteiger partial charge in [0.25, 0.3) is 0 Å². The maximum absolute atomic E-state index is 6.60. The fourth-order valence-electron chi connectivity index (χ4n) is 5.93. The van der Waals surface area contributed by atoms with E-state index in [2.05, 4.69) is 33.8 Å². The molecule has 1 spiro atoms. The van der Waals surface area contributed by atoms with E-state index in [1.807, 2.05) is 0 Å². The summed E-state index contributed by atoms with van der Waals surface area (Å²) in [6.45, 7) is 9.46. The Morgan fingerprint density at radius 1 is 1.31 bits per heavy atom. The van der Waals surface area contributed by atoms with Crippen LogP contribution in [-0.2, 0) is 4.74 Å². The molecule has 0 aromatic rings. The van der Waals surface area contributed by atoms with Gasteiger partial charge in [-0.1, -0.05) is 13.0 Å². The van der Waals surface area contributed by atoms with E-state index in [4.69, 9.17) is 4.74 Å². The van der Waals surface area contributed by atoms with E-state index in [0.29, 0.717) is 5.41 Å². The second-order valence-corrected chi connectivity index (χ2v) is 7.30. The highest BCUT2D eigenvalue weighted by Crippen LogP contribution is 2.79. The molecule has 0 radical (unpaired) electrons. The molecule has 1 nitrogen and oxygen atoms in total. The van der Waals surface area contributed by atoms with Crippen LogP contribution in [0, 0.1) is 23.2 Å². The Hall–Kier alpha value is -0.300. The predicted octanol–water partition coefficient (Wildman–Crippen LogP) is 3.55. The summed E-state index contributed by atoms with van der Waals surface area (Å²) in [7, 11) is 0. The van der Waals surface area contributed by atoms with E-state index in [1.54, 1.807) is 0 Å². The number of rotatable bonds is 0. The summed E-state index contributed by atoms with van der Waals surface area (Å²) in [5, 5.41) is 0. The average molecular weight is 218 g/mol. The largest absolute Gasteiger partial charge is 0.364 e. The van der Waals surface area contributed by atoms with Crippen molar-refractivity contribution in [3.05, 3.63) is 11.6 Å². The molecule has 0 aromatic carbocycles. The highest BCUT2D eigenvalue weighted by Gasteiger charge is 2.80. The molecule has 0 aromatic heterocycles. The first kappa shape index (κ1) is 9.70. The highest BCUT2D eigenvalue weighted by atomic mass is 16.5. The molecule has 3 fully saturated rings. The van der Waals surface area contributed by atoms with Crippen molar-refractivity contribution in [1.29, 1.82) is 0 Å². The molecule has 16 heavy (non-hydrogen) atoms. The van der Waals surface area contributed by atoms with Gasteiger partial charge in [0, 0.05) is 11.8 Å². The van der Waals surface area contributed by atoms with Crippen LogP contribution >= 0.6 is 0 Å². The Morgan fingerprint density at radius 3 is 2.81 bits per heavy atom. The predicted molar refractivity (Wildman–Crippen MR) is 64.1 cm³/mol. The van der Waals surface area contributed by atoms with E-state index < -0.39 is 0 Å². The molecular formula is C15H22O. The van der Waals surface area contributed by atoms with Gasteiger partial charge in [-0.05, 0) is 56.9 Å². The number of ether oxygens (including phenoxy) is 1. The van der Waals surface area contributed by atoms with E-state index in [-0.39, 0.29) is 11.2 Å². The van der Waals surface area contributed by atoms with Gasteiger partial charge in [-0.2, -0.15) is 0 Å². The normalized spacial score (nSPS) is 60.2. The van der Waals surface area contributed by atoms with Gasteiger partial charge in [-0.15, -0.1) is 0 Å². The van der Waals surface area contributed by atoms with Crippen LogP contribution < -0.4 is 0 Å². The van der Waals surface area contributed by atoms with Gasteiger partial charge >= 0.3 is 0 Å². The maximum atomic E-state index is 6.60. The van der Waals surface area contributed by atoms with Gasteiger partial charge in [0.05, 0.1) is 11.2 Å². The minimum atomic E-state index is 0.108. The van der Waals surface area contributed by atoms with Crippen LogP contribution in [0.5, 0.6) is 0 Å².